The highest BCUT2D eigenvalue weighted by Gasteiger charge is 2.35. The number of aliphatic hydroxyl groups is 1. The summed E-state index contributed by atoms with van der Waals surface area (Å²) >= 11 is 0. The van der Waals surface area contributed by atoms with Gasteiger partial charge in [0, 0.05) is 18.3 Å². The number of aromatic nitrogens is 2. The molecule has 1 aromatic heterocycles. The standard InChI is InChI=1S/C23H29FN4O5/c1-14(2)10-16(22(31)25-19-8-9-27(26-19)13-23(3,4)32)28-12-15(11-20(28)30)33-18-7-5-6-17(29)21(18)24/h5-9,11,14,16,29,32H,10,12-13H2,1-4H3,(H,25,26,31)/t16-/m0/s1. The number of nitrogens with zero attached hydrogens (tertiary/aromatic N) is 3. The van der Waals surface area contributed by atoms with E-state index in [1.165, 1.54) is 33.9 Å². The van der Waals surface area contributed by atoms with Crippen molar-refractivity contribution in [2.24, 2.45) is 5.92 Å². The lowest BCUT2D eigenvalue weighted by atomic mass is 10.0. The molecule has 3 rings (SSSR count). The van der Waals surface area contributed by atoms with Crippen molar-refractivity contribution < 1.29 is 28.9 Å². The molecule has 0 radical (unpaired) electrons. The average molecular weight is 461 g/mol. The van der Waals surface area contributed by atoms with Crippen LogP contribution in [0.4, 0.5) is 10.2 Å². The van der Waals surface area contributed by atoms with E-state index in [9.17, 15) is 24.2 Å². The minimum absolute atomic E-state index is 0.0219. The lowest BCUT2D eigenvalue weighted by molar-refractivity contribution is -0.133. The Morgan fingerprint density at radius 1 is 1.33 bits per heavy atom. The fourth-order valence-corrected chi connectivity index (χ4v) is 3.50. The van der Waals surface area contributed by atoms with Crippen LogP contribution in [-0.4, -0.2) is 54.9 Å². The Labute approximate surface area is 191 Å². The number of carbonyl (C=O) groups excluding carboxylic acids is 2. The molecular formula is C23H29FN4O5. The zero-order valence-electron chi connectivity index (χ0n) is 19.1. The fourth-order valence-electron chi connectivity index (χ4n) is 3.50. The number of anilines is 1. The average Bonchev–Trinajstić information content (AvgIpc) is 3.27. The Balaban J connectivity index is 1.71. The summed E-state index contributed by atoms with van der Waals surface area (Å²) in [6.45, 7) is 7.41. The van der Waals surface area contributed by atoms with Crippen LogP contribution in [0.25, 0.3) is 0 Å². The summed E-state index contributed by atoms with van der Waals surface area (Å²) in [4.78, 5) is 27.1. The van der Waals surface area contributed by atoms with Crippen LogP contribution in [0.2, 0.25) is 0 Å². The number of aromatic hydroxyl groups is 1. The minimum atomic E-state index is -0.966. The zero-order chi connectivity index (χ0) is 24.3. The molecule has 178 valence electrons. The molecule has 10 heteroatoms. The van der Waals surface area contributed by atoms with Crippen molar-refractivity contribution in [1.29, 1.82) is 0 Å². The number of hydrogen-bond donors (Lipinski definition) is 3. The maximum Gasteiger partial charge on any atom is 0.251 e. The number of nitrogens with one attached hydrogen (secondary N) is 1. The van der Waals surface area contributed by atoms with Crippen LogP contribution in [0.15, 0.2) is 42.3 Å². The van der Waals surface area contributed by atoms with Gasteiger partial charge in [-0.1, -0.05) is 19.9 Å². The first kappa shape index (κ1) is 24.2. The molecule has 1 aliphatic rings. The SMILES string of the molecule is CC(C)C[C@@H](C(=O)Nc1ccn(CC(C)(C)O)n1)N1CC(Oc2cccc(O)c2F)=CC1=O. The van der Waals surface area contributed by atoms with E-state index >= 15 is 0 Å². The molecule has 2 aromatic rings. The lowest BCUT2D eigenvalue weighted by Crippen LogP contribution is -2.46. The summed E-state index contributed by atoms with van der Waals surface area (Å²) in [6, 6.07) is 4.76. The molecule has 0 saturated heterocycles. The van der Waals surface area contributed by atoms with Gasteiger partial charge in [-0.3, -0.25) is 14.3 Å². The van der Waals surface area contributed by atoms with E-state index in [1.807, 2.05) is 13.8 Å². The molecule has 2 heterocycles. The van der Waals surface area contributed by atoms with Crippen molar-refractivity contribution in [2.45, 2.75) is 52.3 Å². The molecule has 9 nitrogen and oxygen atoms in total. The summed E-state index contributed by atoms with van der Waals surface area (Å²) in [5.41, 5.74) is -0.966. The van der Waals surface area contributed by atoms with Crippen molar-refractivity contribution in [2.75, 3.05) is 11.9 Å². The Bertz CT molecular complexity index is 1060. The van der Waals surface area contributed by atoms with Gasteiger partial charge < -0.3 is 25.2 Å². The van der Waals surface area contributed by atoms with Crippen LogP contribution in [0.1, 0.15) is 34.1 Å². The molecule has 0 aliphatic carbocycles. The van der Waals surface area contributed by atoms with E-state index in [0.717, 1.165) is 0 Å². The van der Waals surface area contributed by atoms with Crippen LogP contribution in [-0.2, 0) is 16.1 Å². The van der Waals surface area contributed by atoms with Crippen LogP contribution in [0, 0.1) is 11.7 Å². The number of benzene rings is 1. The molecule has 1 atom stereocenters. The Morgan fingerprint density at radius 2 is 2.06 bits per heavy atom. The minimum Gasteiger partial charge on any atom is -0.505 e. The van der Waals surface area contributed by atoms with Gasteiger partial charge in [0.2, 0.25) is 11.7 Å². The van der Waals surface area contributed by atoms with Crippen LogP contribution < -0.4 is 10.1 Å². The second-order valence-corrected chi connectivity index (χ2v) is 9.11. The van der Waals surface area contributed by atoms with Crippen LogP contribution >= 0.6 is 0 Å². The molecule has 3 N–H and O–H groups in total. The van der Waals surface area contributed by atoms with E-state index in [0.29, 0.717) is 12.2 Å². The second-order valence-electron chi connectivity index (χ2n) is 9.11. The van der Waals surface area contributed by atoms with Gasteiger partial charge >= 0.3 is 0 Å². The quantitative estimate of drug-likeness (QED) is 0.530. The number of hydrogen-bond acceptors (Lipinski definition) is 6. The Morgan fingerprint density at radius 3 is 2.73 bits per heavy atom. The molecule has 1 aliphatic heterocycles. The second kappa shape index (κ2) is 9.62. The van der Waals surface area contributed by atoms with Gasteiger partial charge in [-0.25, -0.2) is 0 Å². The largest absolute Gasteiger partial charge is 0.505 e. The number of rotatable bonds is 9. The molecule has 33 heavy (non-hydrogen) atoms. The molecule has 0 bridgehead atoms. The van der Waals surface area contributed by atoms with Gasteiger partial charge in [-0.2, -0.15) is 9.49 Å². The van der Waals surface area contributed by atoms with Crippen molar-refractivity contribution >= 4 is 17.6 Å². The zero-order valence-corrected chi connectivity index (χ0v) is 19.1. The molecule has 0 spiro atoms. The number of phenols is 1. The number of phenolic OH excluding ortho intramolecular Hbond substituents is 1. The van der Waals surface area contributed by atoms with Crippen molar-refractivity contribution in [3.05, 3.63) is 48.1 Å². The van der Waals surface area contributed by atoms with Gasteiger partial charge in [0.1, 0.15) is 11.8 Å². The first-order valence-corrected chi connectivity index (χ1v) is 10.7. The maximum absolute atomic E-state index is 14.1. The number of carbonyl (C=O) groups is 2. The first-order chi connectivity index (χ1) is 15.4. The van der Waals surface area contributed by atoms with Gasteiger partial charge in [-0.15, -0.1) is 0 Å². The van der Waals surface area contributed by atoms with Crippen molar-refractivity contribution in [3.63, 3.8) is 0 Å². The number of ether oxygens (including phenoxy) is 1. The summed E-state index contributed by atoms with van der Waals surface area (Å²) in [5.74, 6) is -1.97. The highest BCUT2D eigenvalue weighted by Crippen LogP contribution is 2.29. The monoisotopic (exact) mass is 460 g/mol. The van der Waals surface area contributed by atoms with Gasteiger partial charge in [0.05, 0.1) is 18.7 Å². The summed E-state index contributed by atoms with van der Waals surface area (Å²) in [5, 5.41) is 26.4. The van der Waals surface area contributed by atoms with E-state index in [1.54, 1.807) is 26.1 Å². The maximum atomic E-state index is 14.1. The number of amides is 2. The van der Waals surface area contributed by atoms with Crippen molar-refractivity contribution in [3.8, 4) is 11.5 Å². The Hall–Kier alpha value is -3.40. The third kappa shape index (κ3) is 6.32. The normalized spacial score (nSPS) is 15.1. The Kier molecular flexibility index (Phi) is 7.06. The summed E-state index contributed by atoms with van der Waals surface area (Å²) in [6.07, 6.45) is 3.25. The van der Waals surface area contributed by atoms with Gasteiger partial charge in [0.25, 0.3) is 5.91 Å². The molecule has 2 amide bonds. The molecule has 0 unspecified atom stereocenters. The van der Waals surface area contributed by atoms with E-state index in [4.69, 9.17) is 4.74 Å². The predicted molar refractivity (Wildman–Crippen MR) is 119 cm³/mol. The van der Waals surface area contributed by atoms with Crippen molar-refractivity contribution in [1.82, 2.24) is 14.7 Å². The highest BCUT2D eigenvalue weighted by atomic mass is 19.1. The fraction of sp³-hybridized carbons (Fsp3) is 0.435. The lowest BCUT2D eigenvalue weighted by Gasteiger charge is -2.28. The third-order valence-electron chi connectivity index (χ3n) is 4.89. The first-order valence-electron chi connectivity index (χ1n) is 10.7. The third-order valence-corrected chi connectivity index (χ3v) is 4.89. The smallest absolute Gasteiger partial charge is 0.251 e. The summed E-state index contributed by atoms with van der Waals surface area (Å²) < 4.78 is 21.1. The van der Waals surface area contributed by atoms with E-state index in [-0.39, 0.29) is 30.5 Å². The van der Waals surface area contributed by atoms with Gasteiger partial charge in [0.15, 0.2) is 17.3 Å². The number of halogens is 1. The van der Waals surface area contributed by atoms with Crippen LogP contribution in [0.5, 0.6) is 11.5 Å². The van der Waals surface area contributed by atoms with E-state index in [2.05, 4.69) is 10.4 Å². The van der Waals surface area contributed by atoms with Gasteiger partial charge in [-0.05, 0) is 38.3 Å². The molecule has 0 saturated carbocycles. The summed E-state index contributed by atoms with van der Waals surface area (Å²) in [7, 11) is 0. The molecule has 0 fully saturated rings. The molecular weight excluding hydrogens is 431 g/mol. The van der Waals surface area contributed by atoms with Crippen LogP contribution in [0.3, 0.4) is 0 Å². The van der Waals surface area contributed by atoms with E-state index < -0.39 is 35.0 Å². The highest BCUT2D eigenvalue weighted by molar-refractivity contribution is 5.99. The molecule has 1 aromatic carbocycles. The predicted octanol–water partition coefficient (Wildman–Crippen LogP) is 2.66. The topological polar surface area (TPSA) is 117 Å².